The third-order valence-corrected chi connectivity index (χ3v) is 7.10. The maximum atomic E-state index is 13.1. The van der Waals surface area contributed by atoms with Crippen LogP contribution in [0.5, 0.6) is 0 Å². The summed E-state index contributed by atoms with van der Waals surface area (Å²) in [7, 11) is -3.85. The minimum atomic E-state index is -3.85. The second-order valence-electron chi connectivity index (χ2n) is 9.19. The van der Waals surface area contributed by atoms with Gasteiger partial charge in [0.2, 0.25) is 5.91 Å². The summed E-state index contributed by atoms with van der Waals surface area (Å²) in [6, 6.07) is 11.7. The Bertz CT molecular complexity index is 1110. The zero-order chi connectivity index (χ0) is 23.5. The van der Waals surface area contributed by atoms with Crippen LogP contribution in [0.1, 0.15) is 55.1 Å². The van der Waals surface area contributed by atoms with Crippen molar-refractivity contribution in [2.75, 3.05) is 24.4 Å². The molecule has 0 aliphatic carbocycles. The van der Waals surface area contributed by atoms with Gasteiger partial charge in [-0.15, -0.1) is 0 Å². The highest BCUT2D eigenvalue weighted by Crippen LogP contribution is 2.28. The average molecular weight is 458 g/mol. The summed E-state index contributed by atoms with van der Waals surface area (Å²) < 4.78 is 28.7. The fraction of sp³-hybridized carbons (Fsp3) is 0.417. The van der Waals surface area contributed by atoms with Gasteiger partial charge in [0.15, 0.2) is 0 Å². The van der Waals surface area contributed by atoms with Gasteiger partial charge in [0.1, 0.15) is 0 Å². The van der Waals surface area contributed by atoms with Crippen LogP contribution in [0.3, 0.4) is 0 Å². The first kappa shape index (κ1) is 23.8. The van der Waals surface area contributed by atoms with Crippen molar-refractivity contribution in [3.05, 3.63) is 59.2 Å². The molecule has 0 radical (unpaired) electrons. The van der Waals surface area contributed by atoms with Gasteiger partial charge >= 0.3 is 0 Å². The first-order valence-corrected chi connectivity index (χ1v) is 12.3. The summed E-state index contributed by atoms with van der Waals surface area (Å²) in [6.45, 7) is 9.20. The van der Waals surface area contributed by atoms with Gasteiger partial charge in [0.05, 0.1) is 11.4 Å². The summed E-state index contributed by atoms with van der Waals surface area (Å²) in [4.78, 5) is 26.6. The first-order chi connectivity index (χ1) is 15.0. The Morgan fingerprint density at radius 3 is 2.38 bits per heavy atom. The van der Waals surface area contributed by atoms with E-state index in [2.05, 4.69) is 10.0 Å². The first-order valence-electron chi connectivity index (χ1n) is 10.8. The minimum absolute atomic E-state index is 0.0758. The van der Waals surface area contributed by atoms with E-state index in [4.69, 9.17) is 0 Å². The number of carbonyl (C=O) groups is 2. The van der Waals surface area contributed by atoms with E-state index < -0.39 is 15.9 Å². The molecule has 3 rings (SSSR count). The highest BCUT2D eigenvalue weighted by Gasteiger charge is 2.22. The average Bonchev–Trinajstić information content (AvgIpc) is 3.26. The number of sulfonamides is 1. The molecule has 2 N–H and O–H groups in total. The lowest BCUT2D eigenvalue weighted by atomic mass is 9.87. The fourth-order valence-corrected chi connectivity index (χ4v) is 4.95. The Hall–Kier alpha value is -2.87. The summed E-state index contributed by atoms with van der Waals surface area (Å²) in [6.07, 6.45) is 1.97. The molecule has 0 atom stereocenters. The van der Waals surface area contributed by atoms with E-state index in [0.29, 0.717) is 5.56 Å². The van der Waals surface area contributed by atoms with Crippen LogP contribution in [0, 0.1) is 6.92 Å². The largest absolute Gasteiger partial charge is 0.343 e. The number of aryl methyl sites for hydroxylation is 1. The monoisotopic (exact) mass is 457 g/mol. The predicted molar refractivity (Wildman–Crippen MR) is 125 cm³/mol. The number of nitrogens with one attached hydrogen (secondary N) is 2. The number of carbonyl (C=O) groups excluding carboxylic acids is 2. The third kappa shape index (κ3) is 5.68. The summed E-state index contributed by atoms with van der Waals surface area (Å²) in [5, 5.41) is 2.62. The summed E-state index contributed by atoms with van der Waals surface area (Å²) >= 11 is 0. The number of nitrogens with zero attached hydrogens (tertiary/aromatic N) is 1. The maximum absolute atomic E-state index is 13.1. The van der Waals surface area contributed by atoms with Crippen LogP contribution >= 0.6 is 0 Å². The Kier molecular flexibility index (Phi) is 6.93. The van der Waals surface area contributed by atoms with E-state index in [9.17, 15) is 18.0 Å². The standard InChI is InChI=1S/C24H31N3O4S/c1-17-10-11-19(24(2,3)4)15-21(17)32(30,31)26-20-9-7-8-18(14-20)23(29)25-16-22(28)27-12-5-6-13-27/h7-11,14-15,26H,5-6,12-13,16H2,1-4H3,(H,25,29). The molecule has 32 heavy (non-hydrogen) atoms. The normalized spacial score (nSPS) is 14.3. The van der Waals surface area contributed by atoms with Crippen LogP contribution in [0.25, 0.3) is 0 Å². The van der Waals surface area contributed by atoms with E-state index in [1.165, 1.54) is 6.07 Å². The van der Waals surface area contributed by atoms with E-state index in [1.54, 1.807) is 42.2 Å². The quantitative estimate of drug-likeness (QED) is 0.695. The van der Waals surface area contributed by atoms with Crippen LogP contribution in [0.2, 0.25) is 0 Å². The molecule has 2 amide bonds. The second-order valence-corrected chi connectivity index (χ2v) is 10.8. The smallest absolute Gasteiger partial charge is 0.262 e. The Labute approximate surface area is 190 Å². The van der Waals surface area contributed by atoms with Crippen molar-refractivity contribution in [2.24, 2.45) is 0 Å². The molecule has 1 saturated heterocycles. The molecule has 0 spiro atoms. The summed E-state index contributed by atoms with van der Waals surface area (Å²) in [5.74, 6) is -0.536. The van der Waals surface area contributed by atoms with E-state index in [0.717, 1.165) is 31.5 Å². The Morgan fingerprint density at radius 2 is 1.72 bits per heavy atom. The number of benzene rings is 2. The number of amides is 2. The minimum Gasteiger partial charge on any atom is -0.343 e. The topological polar surface area (TPSA) is 95.6 Å². The predicted octanol–water partition coefficient (Wildman–Crippen LogP) is 3.45. The number of anilines is 1. The molecule has 0 aromatic heterocycles. The molecule has 2 aromatic carbocycles. The van der Waals surface area contributed by atoms with Crippen LogP contribution in [0.4, 0.5) is 5.69 Å². The van der Waals surface area contributed by atoms with Crippen molar-refractivity contribution < 1.29 is 18.0 Å². The maximum Gasteiger partial charge on any atom is 0.262 e. The van der Waals surface area contributed by atoms with Gasteiger partial charge < -0.3 is 10.2 Å². The molecular formula is C24H31N3O4S. The molecule has 1 fully saturated rings. The van der Waals surface area contributed by atoms with Crippen molar-refractivity contribution in [2.45, 2.75) is 50.8 Å². The number of rotatable bonds is 6. The van der Waals surface area contributed by atoms with E-state index >= 15 is 0 Å². The molecule has 172 valence electrons. The van der Waals surface area contributed by atoms with Gasteiger partial charge in [-0.2, -0.15) is 0 Å². The van der Waals surface area contributed by atoms with E-state index in [1.807, 2.05) is 26.8 Å². The van der Waals surface area contributed by atoms with Crippen molar-refractivity contribution in [1.82, 2.24) is 10.2 Å². The molecule has 2 aromatic rings. The fourth-order valence-electron chi connectivity index (χ4n) is 3.63. The third-order valence-electron chi connectivity index (χ3n) is 5.58. The molecule has 7 nitrogen and oxygen atoms in total. The number of hydrogen-bond acceptors (Lipinski definition) is 4. The lowest BCUT2D eigenvalue weighted by molar-refractivity contribution is -0.129. The SMILES string of the molecule is Cc1ccc(C(C)(C)C)cc1S(=O)(=O)Nc1cccc(C(=O)NCC(=O)N2CCCC2)c1. The van der Waals surface area contributed by atoms with Gasteiger partial charge in [-0.05, 0) is 60.6 Å². The molecule has 1 heterocycles. The van der Waals surface area contributed by atoms with Gasteiger partial charge in [-0.3, -0.25) is 14.3 Å². The van der Waals surface area contributed by atoms with Gasteiger partial charge in [-0.1, -0.05) is 39.0 Å². The zero-order valence-electron chi connectivity index (χ0n) is 19.1. The van der Waals surface area contributed by atoms with Gasteiger partial charge in [0.25, 0.3) is 15.9 Å². The van der Waals surface area contributed by atoms with Crippen molar-refractivity contribution in [1.29, 1.82) is 0 Å². The van der Waals surface area contributed by atoms with Crippen molar-refractivity contribution >= 4 is 27.5 Å². The number of hydrogen-bond donors (Lipinski definition) is 2. The molecular weight excluding hydrogens is 426 g/mol. The lowest BCUT2D eigenvalue weighted by Crippen LogP contribution is -2.38. The highest BCUT2D eigenvalue weighted by molar-refractivity contribution is 7.92. The highest BCUT2D eigenvalue weighted by atomic mass is 32.2. The van der Waals surface area contributed by atoms with Gasteiger partial charge in [-0.25, -0.2) is 8.42 Å². The number of likely N-dealkylation sites (tertiary alicyclic amines) is 1. The second kappa shape index (κ2) is 9.32. The lowest BCUT2D eigenvalue weighted by Gasteiger charge is -2.21. The van der Waals surface area contributed by atoms with Crippen LogP contribution in [-0.2, 0) is 20.2 Å². The van der Waals surface area contributed by atoms with Crippen molar-refractivity contribution in [3.8, 4) is 0 Å². The van der Waals surface area contributed by atoms with Crippen LogP contribution in [0.15, 0.2) is 47.4 Å². The van der Waals surface area contributed by atoms with Crippen LogP contribution < -0.4 is 10.0 Å². The Balaban J connectivity index is 1.74. The Morgan fingerprint density at radius 1 is 1.03 bits per heavy atom. The van der Waals surface area contributed by atoms with Crippen LogP contribution in [-0.4, -0.2) is 44.8 Å². The molecule has 1 aliphatic heterocycles. The molecule has 0 bridgehead atoms. The molecule has 0 saturated carbocycles. The van der Waals surface area contributed by atoms with Crippen molar-refractivity contribution in [3.63, 3.8) is 0 Å². The molecule has 1 aliphatic rings. The summed E-state index contributed by atoms with van der Waals surface area (Å²) in [5.41, 5.74) is 1.92. The van der Waals surface area contributed by atoms with E-state index in [-0.39, 0.29) is 34.0 Å². The molecule has 0 unspecified atom stereocenters. The van der Waals surface area contributed by atoms with Gasteiger partial charge in [0, 0.05) is 24.3 Å². The molecule has 8 heteroatoms. The zero-order valence-corrected chi connectivity index (χ0v) is 19.9.